The summed E-state index contributed by atoms with van der Waals surface area (Å²) in [5, 5.41) is 0. The summed E-state index contributed by atoms with van der Waals surface area (Å²) < 4.78 is 51.7. The molecule has 2 aromatic carbocycles. The largest absolute Gasteiger partial charge is 0.494 e. The predicted molar refractivity (Wildman–Crippen MR) is 124 cm³/mol. The van der Waals surface area contributed by atoms with E-state index < -0.39 is 22.4 Å². The maximum atomic E-state index is 13.4. The lowest BCUT2D eigenvalue weighted by Crippen LogP contribution is -2.46. The van der Waals surface area contributed by atoms with E-state index in [4.69, 9.17) is 9.47 Å². The molecule has 10 heteroatoms. The fourth-order valence-electron chi connectivity index (χ4n) is 3.77. The molecule has 0 aliphatic carbocycles. The average Bonchev–Trinajstić information content (AvgIpc) is 2.83. The number of halogens is 1. The van der Waals surface area contributed by atoms with Gasteiger partial charge in [-0.15, -0.1) is 0 Å². The number of likely N-dealkylation sites (tertiary alicyclic amines) is 1. The van der Waals surface area contributed by atoms with Gasteiger partial charge in [-0.3, -0.25) is 13.9 Å². The second-order valence-corrected chi connectivity index (χ2v) is 9.66. The third-order valence-electron chi connectivity index (χ3n) is 5.58. The molecule has 1 heterocycles. The van der Waals surface area contributed by atoms with E-state index in [1.54, 1.807) is 36.1 Å². The molecule has 34 heavy (non-hydrogen) atoms. The van der Waals surface area contributed by atoms with Crippen molar-refractivity contribution in [2.24, 2.45) is 5.92 Å². The molecule has 1 amide bonds. The topological polar surface area (TPSA) is 93.2 Å². The van der Waals surface area contributed by atoms with E-state index in [9.17, 15) is 22.4 Å². The zero-order chi connectivity index (χ0) is 24.7. The molecule has 0 N–H and O–H groups in total. The molecule has 0 atom stereocenters. The van der Waals surface area contributed by atoms with Crippen LogP contribution in [0.4, 0.5) is 10.1 Å². The zero-order valence-corrected chi connectivity index (χ0v) is 20.1. The van der Waals surface area contributed by atoms with Crippen LogP contribution < -0.4 is 9.04 Å². The molecule has 1 aliphatic heterocycles. The van der Waals surface area contributed by atoms with Crippen molar-refractivity contribution in [1.29, 1.82) is 0 Å². The van der Waals surface area contributed by atoms with Gasteiger partial charge in [0.2, 0.25) is 5.91 Å². The highest BCUT2D eigenvalue weighted by Crippen LogP contribution is 2.27. The fourth-order valence-corrected chi connectivity index (χ4v) is 5.19. The van der Waals surface area contributed by atoms with Crippen molar-refractivity contribution in [1.82, 2.24) is 4.90 Å². The van der Waals surface area contributed by atoms with Crippen molar-refractivity contribution in [3.05, 3.63) is 54.3 Å². The van der Waals surface area contributed by atoms with Crippen molar-refractivity contribution in [3.63, 3.8) is 0 Å². The van der Waals surface area contributed by atoms with E-state index in [1.165, 1.54) is 12.1 Å². The van der Waals surface area contributed by atoms with Crippen LogP contribution in [0.5, 0.6) is 5.75 Å². The number of nitrogens with zero attached hydrogens (tertiary/aromatic N) is 2. The zero-order valence-electron chi connectivity index (χ0n) is 19.3. The predicted octanol–water partition coefficient (Wildman–Crippen LogP) is 3.22. The Morgan fingerprint density at radius 1 is 1.00 bits per heavy atom. The molecule has 1 aliphatic rings. The molecule has 1 fully saturated rings. The Labute approximate surface area is 199 Å². The highest BCUT2D eigenvalue weighted by Gasteiger charge is 2.32. The lowest BCUT2D eigenvalue weighted by molar-refractivity contribution is -0.151. The van der Waals surface area contributed by atoms with Crippen molar-refractivity contribution < 1.29 is 31.9 Å². The molecule has 0 bridgehead atoms. The van der Waals surface area contributed by atoms with Crippen LogP contribution in [0.3, 0.4) is 0 Å². The third kappa shape index (κ3) is 6.05. The Balaban J connectivity index is 1.82. The molecular formula is C24H29FN2O6S. The molecule has 184 valence electrons. The minimum atomic E-state index is -4.16. The maximum absolute atomic E-state index is 13.4. The molecule has 0 radical (unpaired) electrons. The first-order chi connectivity index (χ1) is 16.3. The smallest absolute Gasteiger partial charge is 0.309 e. The fraction of sp³-hybridized carbons (Fsp3) is 0.417. The van der Waals surface area contributed by atoms with Gasteiger partial charge in [-0.2, -0.15) is 0 Å². The van der Waals surface area contributed by atoms with Gasteiger partial charge in [0.25, 0.3) is 10.0 Å². The van der Waals surface area contributed by atoms with Crippen molar-refractivity contribution >= 4 is 27.6 Å². The first-order valence-electron chi connectivity index (χ1n) is 11.2. The number of amides is 1. The highest BCUT2D eigenvalue weighted by atomic mass is 32.2. The first kappa shape index (κ1) is 25.5. The summed E-state index contributed by atoms with van der Waals surface area (Å²) >= 11 is 0. The van der Waals surface area contributed by atoms with Crippen LogP contribution in [0.1, 0.15) is 26.7 Å². The van der Waals surface area contributed by atoms with Crippen LogP contribution in [0.15, 0.2) is 53.4 Å². The summed E-state index contributed by atoms with van der Waals surface area (Å²) in [6.45, 7) is 4.56. The second kappa shape index (κ2) is 11.3. The van der Waals surface area contributed by atoms with E-state index in [-0.39, 0.29) is 28.4 Å². The summed E-state index contributed by atoms with van der Waals surface area (Å²) in [6.07, 6.45) is 0.913. The third-order valence-corrected chi connectivity index (χ3v) is 7.37. The van der Waals surface area contributed by atoms with Crippen LogP contribution >= 0.6 is 0 Å². The van der Waals surface area contributed by atoms with Crippen molar-refractivity contribution in [2.45, 2.75) is 31.6 Å². The Morgan fingerprint density at radius 3 is 2.18 bits per heavy atom. The SMILES string of the molecule is CCOC(=O)C1CCN(C(=O)CN(c2ccc(OCC)cc2)S(=O)(=O)c2ccc(F)cc2)CC1. The Hall–Kier alpha value is -3.14. The number of esters is 1. The Bertz CT molecular complexity index is 1080. The Morgan fingerprint density at radius 2 is 1.62 bits per heavy atom. The van der Waals surface area contributed by atoms with Crippen LogP contribution in [-0.4, -0.2) is 58.0 Å². The number of piperidine rings is 1. The van der Waals surface area contributed by atoms with Crippen molar-refractivity contribution in [3.8, 4) is 5.75 Å². The van der Waals surface area contributed by atoms with Gasteiger partial charge >= 0.3 is 5.97 Å². The standard InChI is InChI=1S/C24H29FN2O6S/c1-3-32-21-9-7-20(8-10-21)27(34(30,31)22-11-5-19(25)6-12-22)17-23(28)26-15-13-18(14-16-26)24(29)33-4-2/h5-12,18H,3-4,13-17H2,1-2H3. The molecule has 2 aromatic rings. The van der Waals surface area contributed by atoms with E-state index >= 15 is 0 Å². The van der Waals surface area contributed by atoms with Gasteiger partial charge in [0.1, 0.15) is 18.1 Å². The number of carbonyl (C=O) groups excluding carboxylic acids is 2. The number of carbonyl (C=O) groups is 2. The number of hydrogen-bond donors (Lipinski definition) is 0. The molecule has 0 saturated carbocycles. The first-order valence-corrected chi connectivity index (χ1v) is 12.7. The van der Waals surface area contributed by atoms with Crippen LogP contribution in [0.2, 0.25) is 0 Å². The number of benzene rings is 2. The van der Waals surface area contributed by atoms with Crippen LogP contribution in [0, 0.1) is 11.7 Å². The van der Waals surface area contributed by atoms with Gasteiger partial charge < -0.3 is 14.4 Å². The number of anilines is 1. The van der Waals surface area contributed by atoms with E-state index in [0.29, 0.717) is 44.9 Å². The van der Waals surface area contributed by atoms with E-state index in [2.05, 4.69) is 0 Å². The lowest BCUT2D eigenvalue weighted by atomic mass is 9.97. The quantitative estimate of drug-likeness (QED) is 0.499. The van der Waals surface area contributed by atoms with Gasteiger partial charge in [-0.1, -0.05) is 0 Å². The summed E-state index contributed by atoms with van der Waals surface area (Å²) in [7, 11) is -4.16. The van der Waals surface area contributed by atoms with Gasteiger partial charge in [0.05, 0.1) is 29.7 Å². The average molecular weight is 493 g/mol. The number of ether oxygens (including phenoxy) is 2. The maximum Gasteiger partial charge on any atom is 0.309 e. The summed E-state index contributed by atoms with van der Waals surface area (Å²) in [5.41, 5.74) is 0.280. The van der Waals surface area contributed by atoms with E-state index in [0.717, 1.165) is 16.4 Å². The molecule has 1 saturated heterocycles. The monoisotopic (exact) mass is 492 g/mol. The molecule has 8 nitrogen and oxygen atoms in total. The second-order valence-electron chi connectivity index (χ2n) is 7.80. The summed E-state index contributed by atoms with van der Waals surface area (Å²) in [4.78, 5) is 26.5. The number of hydrogen-bond acceptors (Lipinski definition) is 6. The van der Waals surface area contributed by atoms with Gasteiger partial charge in [0.15, 0.2) is 0 Å². The molecule has 0 spiro atoms. The molecule has 0 unspecified atom stereocenters. The van der Waals surface area contributed by atoms with Crippen LogP contribution in [-0.2, 0) is 24.3 Å². The van der Waals surface area contributed by atoms with Gasteiger partial charge in [-0.25, -0.2) is 12.8 Å². The number of sulfonamides is 1. The normalized spacial score (nSPS) is 14.5. The minimum Gasteiger partial charge on any atom is -0.494 e. The van der Waals surface area contributed by atoms with Crippen LogP contribution in [0.25, 0.3) is 0 Å². The molecule has 3 rings (SSSR count). The molecular weight excluding hydrogens is 463 g/mol. The molecule has 0 aromatic heterocycles. The Kier molecular flexibility index (Phi) is 8.49. The highest BCUT2D eigenvalue weighted by molar-refractivity contribution is 7.92. The van der Waals surface area contributed by atoms with Gasteiger partial charge in [0, 0.05) is 13.1 Å². The van der Waals surface area contributed by atoms with Gasteiger partial charge in [-0.05, 0) is 75.2 Å². The number of rotatable bonds is 9. The van der Waals surface area contributed by atoms with E-state index in [1.807, 2.05) is 6.92 Å². The minimum absolute atomic E-state index is 0.128. The van der Waals surface area contributed by atoms with Crippen molar-refractivity contribution in [2.75, 3.05) is 37.2 Å². The lowest BCUT2D eigenvalue weighted by Gasteiger charge is -2.33. The summed E-state index contributed by atoms with van der Waals surface area (Å²) in [5.74, 6) is -0.926. The summed E-state index contributed by atoms with van der Waals surface area (Å²) in [6, 6.07) is 10.8.